The van der Waals surface area contributed by atoms with Crippen molar-refractivity contribution in [2.45, 2.75) is 47.0 Å². The molecule has 0 spiro atoms. The van der Waals surface area contributed by atoms with Crippen LogP contribution >= 0.6 is 0 Å². The summed E-state index contributed by atoms with van der Waals surface area (Å²) in [7, 11) is 0. The average molecular weight is 220 g/mol. The van der Waals surface area contributed by atoms with E-state index in [2.05, 4.69) is 27.7 Å². The molecule has 1 N–H and O–H groups in total. The van der Waals surface area contributed by atoms with Crippen LogP contribution in [0.15, 0.2) is 24.3 Å². The average Bonchev–Trinajstić information content (AvgIpc) is 2.22. The summed E-state index contributed by atoms with van der Waals surface area (Å²) in [5, 5.41) is 9.26. The van der Waals surface area contributed by atoms with Gasteiger partial charge in [-0.05, 0) is 35.4 Å². The second-order valence-corrected chi connectivity index (χ2v) is 5.35. The smallest absolute Gasteiger partial charge is 0.115 e. The fourth-order valence-electron chi connectivity index (χ4n) is 2.68. The van der Waals surface area contributed by atoms with E-state index < -0.39 is 0 Å². The topological polar surface area (TPSA) is 20.2 Å². The van der Waals surface area contributed by atoms with Gasteiger partial charge in [-0.1, -0.05) is 52.7 Å². The summed E-state index contributed by atoms with van der Waals surface area (Å²) in [5.74, 6) is 1.12. The largest absolute Gasteiger partial charge is 0.508 e. The third-order valence-corrected chi connectivity index (χ3v) is 3.69. The van der Waals surface area contributed by atoms with Crippen LogP contribution in [0.2, 0.25) is 0 Å². The lowest BCUT2D eigenvalue weighted by atomic mass is 9.72. The molecule has 0 aliphatic heterocycles. The molecule has 0 radical (unpaired) electrons. The molecule has 16 heavy (non-hydrogen) atoms. The summed E-state index contributed by atoms with van der Waals surface area (Å²) in [5.41, 5.74) is 1.65. The number of phenols is 1. The van der Waals surface area contributed by atoms with Crippen LogP contribution in [0.3, 0.4) is 0 Å². The number of hydrogen-bond donors (Lipinski definition) is 1. The summed E-state index contributed by atoms with van der Waals surface area (Å²) < 4.78 is 0. The van der Waals surface area contributed by atoms with E-state index in [4.69, 9.17) is 0 Å². The van der Waals surface area contributed by atoms with E-state index >= 15 is 0 Å². The van der Waals surface area contributed by atoms with E-state index in [-0.39, 0.29) is 0 Å². The van der Waals surface area contributed by atoms with Gasteiger partial charge in [0.1, 0.15) is 5.75 Å². The molecule has 1 nitrogen and oxygen atoms in total. The van der Waals surface area contributed by atoms with E-state index in [0.717, 1.165) is 12.3 Å². The molecule has 0 bridgehead atoms. The lowest BCUT2D eigenvalue weighted by Crippen LogP contribution is -2.25. The van der Waals surface area contributed by atoms with Crippen molar-refractivity contribution >= 4 is 0 Å². The molecule has 0 saturated carbocycles. The summed E-state index contributed by atoms with van der Waals surface area (Å²) in [6.45, 7) is 9.23. The van der Waals surface area contributed by atoms with E-state index in [0.29, 0.717) is 11.2 Å². The summed E-state index contributed by atoms with van der Waals surface area (Å²) in [6.07, 6.45) is 3.56. The fraction of sp³-hybridized carbons (Fsp3) is 0.600. The highest BCUT2D eigenvalue weighted by molar-refractivity contribution is 5.26. The SMILES string of the molecule is CCC(CC)C(C)(C)Cc1ccc(O)cc1. The number of benzene rings is 1. The number of phenolic OH excluding ortho intramolecular Hbond substituents is 1. The number of hydrogen-bond acceptors (Lipinski definition) is 1. The Labute approximate surface area is 99.5 Å². The summed E-state index contributed by atoms with van der Waals surface area (Å²) in [4.78, 5) is 0. The van der Waals surface area contributed by atoms with Crippen molar-refractivity contribution < 1.29 is 5.11 Å². The third kappa shape index (κ3) is 3.26. The molecule has 90 valence electrons. The Kier molecular flexibility index (Phi) is 4.40. The van der Waals surface area contributed by atoms with Crippen LogP contribution in [-0.2, 0) is 6.42 Å². The molecule has 0 amide bonds. The molecule has 0 unspecified atom stereocenters. The van der Waals surface area contributed by atoms with Crippen LogP contribution < -0.4 is 0 Å². The molecule has 0 heterocycles. The van der Waals surface area contributed by atoms with Crippen LogP contribution in [0.4, 0.5) is 0 Å². The van der Waals surface area contributed by atoms with Crippen molar-refractivity contribution in [3.8, 4) is 5.75 Å². The summed E-state index contributed by atoms with van der Waals surface area (Å²) in [6, 6.07) is 7.61. The van der Waals surface area contributed by atoms with Crippen molar-refractivity contribution in [1.29, 1.82) is 0 Å². The maximum absolute atomic E-state index is 9.26. The molecular formula is C15H24O. The van der Waals surface area contributed by atoms with Crippen LogP contribution in [-0.4, -0.2) is 5.11 Å². The Balaban J connectivity index is 2.75. The first-order chi connectivity index (χ1) is 7.49. The van der Waals surface area contributed by atoms with E-state index in [9.17, 15) is 5.11 Å². The first-order valence-corrected chi connectivity index (χ1v) is 6.27. The molecule has 1 aromatic carbocycles. The third-order valence-electron chi connectivity index (χ3n) is 3.69. The molecule has 0 atom stereocenters. The van der Waals surface area contributed by atoms with Gasteiger partial charge in [0, 0.05) is 0 Å². The van der Waals surface area contributed by atoms with Gasteiger partial charge in [-0.15, -0.1) is 0 Å². The van der Waals surface area contributed by atoms with Crippen LogP contribution in [0.25, 0.3) is 0 Å². The highest BCUT2D eigenvalue weighted by Crippen LogP contribution is 2.35. The van der Waals surface area contributed by atoms with Crippen molar-refractivity contribution in [2.24, 2.45) is 11.3 Å². The quantitative estimate of drug-likeness (QED) is 0.780. The van der Waals surface area contributed by atoms with Crippen LogP contribution in [0.1, 0.15) is 46.1 Å². The maximum Gasteiger partial charge on any atom is 0.115 e. The fourth-order valence-corrected chi connectivity index (χ4v) is 2.68. The maximum atomic E-state index is 9.26. The van der Waals surface area contributed by atoms with Gasteiger partial charge in [0.25, 0.3) is 0 Å². The molecule has 0 aliphatic carbocycles. The minimum atomic E-state index is 0.334. The second-order valence-electron chi connectivity index (χ2n) is 5.35. The van der Waals surface area contributed by atoms with E-state index in [1.165, 1.54) is 18.4 Å². The second kappa shape index (κ2) is 5.38. The molecule has 1 aromatic rings. The Hall–Kier alpha value is -0.980. The van der Waals surface area contributed by atoms with Gasteiger partial charge >= 0.3 is 0 Å². The molecule has 0 aliphatic rings. The van der Waals surface area contributed by atoms with Gasteiger partial charge in [-0.2, -0.15) is 0 Å². The molecule has 1 heteroatoms. The van der Waals surface area contributed by atoms with Crippen LogP contribution in [0.5, 0.6) is 5.75 Å². The van der Waals surface area contributed by atoms with Gasteiger partial charge in [0.05, 0.1) is 0 Å². The Morgan fingerprint density at radius 3 is 2.00 bits per heavy atom. The molecule has 1 rings (SSSR count). The Bertz CT molecular complexity index is 307. The highest BCUT2D eigenvalue weighted by Gasteiger charge is 2.26. The Morgan fingerprint density at radius 1 is 1.06 bits per heavy atom. The highest BCUT2D eigenvalue weighted by atomic mass is 16.3. The first kappa shape index (κ1) is 13.1. The zero-order chi connectivity index (χ0) is 12.2. The van der Waals surface area contributed by atoms with Crippen LogP contribution in [0, 0.1) is 11.3 Å². The summed E-state index contributed by atoms with van der Waals surface area (Å²) >= 11 is 0. The Morgan fingerprint density at radius 2 is 1.56 bits per heavy atom. The van der Waals surface area contributed by atoms with Gasteiger partial charge in [-0.3, -0.25) is 0 Å². The van der Waals surface area contributed by atoms with Crippen molar-refractivity contribution in [2.75, 3.05) is 0 Å². The minimum Gasteiger partial charge on any atom is -0.508 e. The monoisotopic (exact) mass is 220 g/mol. The van der Waals surface area contributed by atoms with Gasteiger partial charge in [-0.25, -0.2) is 0 Å². The van der Waals surface area contributed by atoms with Crippen molar-refractivity contribution in [1.82, 2.24) is 0 Å². The normalized spacial score (nSPS) is 12.1. The first-order valence-electron chi connectivity index (χ1n) is 6.27. The zero-order valence-electron chi connectivity index (χ0n) is 11.0. The number of rotatable bonds is 5. The molecule has 0 aromatic heterocycles. The standard InChI is InChI=1S/C15H24O/c1-5-13(6-2)15(3,4)11-12-7-9-14(16)10-8-12/h7-10,13,16H,5-6,11H2,1-4H3. The molecular weight excluding hydrogens is 196 g/mol. The van der Waals surface area contributed by atoms with Crippen molar-refractivity contribution in [3.63, 3.8) is 0 Å². The van der Waals surface area contributed by atoms with Gasteiger partial charge in [0.15, 0.2) is 0 Å². The van der Waals surface area contributed by atoms with Crippen molar-refractivity contribution in [3.05, 3.63) is 29.8 Å². The lowest BCUT2D eigenvalue weighted by molar-refractivity contribution is 0.197. The van der Waals surface area contributed by atoms with E-state index in [1.807, 2.05) is 12.1 Å². The number of aromatic hydroxyl groups is 1. The zero-order valence-corrected chi connectivity index (χ0v) is 11.0. The van der Waals surface area contributed by atoms with Gasteiger partial charge in [0.2, 0.25) is 0 Å². The predicted molar refractivity (Wildman–Crippen MR) is 69.7 cm³/mol. The minimum absolute atomic E-state index is 0.334. The predicted octanol–water partition coefficient (Wildman–Crippen LogP) is 4.40. The molecule has 0 fully saturated rings. The molecule has 0 saturated heterocycles. The lowest BCUT2D eigenvalue weighted by Gasteiger charge is -2.33. The van der Waals surface area contributed by atoms with Gasteiger partial charge < -0.3 is 5.11 Å². The van der Waals surface area contributed by atoms with E-state index in [1.54, 1.807) is 12.1 Å².